The molecule has 2 aromatic carbocycles. The molecule has 1 fully saturated rings. The van der Waals surface area contributed by atoms with Gasteiger partial charge < -0.3 is 4.90 Å². The van der Waals surface area contributed by atoms with Crippen molar-refractivity contribution in [2.24, 2.45) is 5.10 Å². The highest BCUT2D eigenvalue weighted by Gasteiger charge is 2.30. The summed E-state index contributed by atoms with van der Waals surface area (Å²) < 4.78 is 38.0. The number of alkyl halides is 3. The second kappa shape index (κ2) is 7.59. The van der Waals surface area contributed by atoms with E-state index < -0.39 is 11.7 Å². The lowest BCUT2D eigenvalue weighted by Gasteiger charge is -2.28. The normalized spacial score (nSPS) is 15.6. The van der Waals surface area contributed by atoms with Crippen LogP contribution in [0.3, 0.4) is 0 Å². The second-order valence-electron chi connectivity index (χ2n) is 6.09. The summed E-state index contributed by atoms with van der Waals surface area (Å²) in [5.41, 5.74) is 4.33. The van der Waals surface area contributed by atoms with Crippen LogP contribution in [0.1, 0.15) is 30.4 Å². The zero-order chi connectivity index (χ0) is 17.7. The van der Waals surface area contributed by atoms with E-state index in [9.17, 15) is 13.2 Å². The smallest absolute Gasteiger partial charge is 0.372 e. The summed E-state index contributed by atoms with van der Waals surface area (Å²) in [6, 6.07) is 13.0. The van der Waals surface area contributed by atoms with E-state index in [0.29, 0.717) is 5.69 Å². The summed E-state index contributed by atoms with van der Waals surface area (Å²) in [5.74, 6) is 0. The molecule has 1 aliphatic heterocycles. The van der Waals surface area contributed by atoms with Crippen molar-refractivity contribution < 1.29 is 13.2 Å². The maximum atomic E-state index is 12.7. The molecular formula is C19H20F3N3. The molecule has 0 aliphatic carbocycles. The third kappa shape index (κ3) is 4.75. The molecule has 0 unspecified atom stereocenters. The number of nitrogens with zero attached hydrogens (tertiary/aromatic N) is 2. The number of halogens is 3. The molecule has 0 amide bonds. The predicted octanol–water partition coefficient (Wildman–Crippen LogP) is 5.14. The zero-order valence-electron chi connectivity index (χ0n) is 13.8. The lowest BCUT2D eigenvalue weighted by molar-refractivity contribution is -0.137. The summed E-state index contributed by atoms with van der Waals surface area (Å²) in [4.78, 5) is 2.37. The monoisotopic (exact) mass is 347 g/mol. The van der Waals surface area contributed by atoms with Gasteiger partial charge in [-0.2, -0.15) is 18.3 Å². The van der Waals surface area contributed by atoms with E-state index in [0.717, 1.165) is 30.8 Å². The summed E-state index contributed by atoms with van der Waals surface area (Å²) >= 11 is 0. The van der Waals surface area contributed by atoms with Gasteiger partial charge in [0.1, 0.15) is 0 Å². The SMILES string of the molecule is FC(F)(F)c1cccc(NN=Cc2ccc(N3CCCCC3)cc2)c1. The van der Waals surface area contributed by atoms with Crippen molar-refractivity contribution in [2.45, 2.75) is 25.4 Å². The maximum Gasteiger partial charge on any atom is 0.416 e. The Labute approximate surface area is 145 Å². The number of hydrogen-bond donors (Lipinski definition) is 1. The van der Waals surface area contributed by atoms with Gasteiger partial charge in [0.2, 0.25) is 0 Å². The first kappa shape index (κ1) is 17.3. The molecule has 0 radical (unpaired) electrons. The topological polar surface area (TPSA) is 27.6 Å². The highest BCUT2D eigenvalue weighted by molar-refractivity contribution is 5.81. The molecule has 0 aromatic heterocycles. The van der Waals surface area contributed by atoms with E-state index in [1.165, 1.54) is 31.0 Å². The van der Waals surface area contributed by atoms with Gasteiger partial charge in [-0.1, -0.05) is 18.2 Å². The number of benzene rings is 2. The van der Waals surface area contributed by atoms with Crippen LogP contribution >= 0.6 is 0 Å². The van der Waals surface area contributed by atoms with Gasteiger partial charge in [-0.3, -0.25) is 5.43 Å². The molecule has 6 heteroatoms. The fourth-order valence-electron chi connectivity index (χ4n) is 2.87. The Morgan fingerprint density at radius 2 is 1.68 bits per heavy atom. The Kier molecular flexibility index (Phi) is 5.26. The maximum absolute atomic E-state index is 12.7. The van der Waals surface area contributed by atoms with Crippen molar-refractivity contribution in [1.29, 1.82) is 0 Å². The first-order valence-electron chi connectivity index (χ1n) is 8.34. The summed E-state index contributed by atoms with van der Waals surface area (Å²) in [7, 11) is 0. The third-order valence-corrected chi connectivity index (χ3v) is 4.21. The Morgan fingerprint density at radius 1 is 0.960 bits per heavy atom. The molecular weight excluding hydrogens is 327 g/mol. The molecule has 132 valence electrons. The van der Waals surface area contributed by atoms with E-state index in [-0.39, 0.29) is 0 Å². The number of rotatable bonds is 4. The molecule has 0 saturated carbocycles. The average molecular weight is 347 g/mol. The van der Waals surface area contributed by atoms with E-state index in [4.69, 9.17) is 0 Å². The van der Waals surface area contributed by atoms with Gasteiger partial charge in [0.05, 0.1) is 17.5 Å². The number of anilines is 2. The first-order valence-corrected chi connectivity index (χ1v) is 8.34. The molecule has 1 aliphatic rings. The first-order chi connectivity index (χ1) is 12.0. The molecule has 3 nitrogen and oxygen atoms in total. The Morgan fingerprint density at radius 3 is 2.36 bits per heavy atom. The van der Waals surface area contributed by atoms with Crippen LogP contribution in [0.15, 0.2) is 53.6 Å². The molecule has 3 rings (SSSR count). The highest BCUT2D eigenvalue weighted by atomic mass is 19.4. The summed E-state index contributed by atoms with van der Waals surface area (Å²) in [6.45, 7) is 2.18. The van der Waals surface area contributed by atoms with Gasteiger partial charge in [-0.05, 0) is 55.2 Å². The number of hydrazone groups is 1. The van der Waals surface area contributed by atoms with Gasteiger partial charge in [0.25, 0.3) is 0 Å². The number of piperidine rings is 1. The standard InChI is InChI=1S/C19H20F3N3/c20-19(21,22)16-5-4-6-17(13-16)24-23-14-15-7-9-18(10-8-15)25-11-2-1-3-12-25/h4-10,13-14,24H,1-3,11-12H2. The lowest BCUT2D eigenvalue weighted by Crippen LogP contribution is -2.29. The van der Waals surface area contributed by atoms with Gasteiger partial charge in [-0.15, -0.1) is 0 Å². The van der Waals surface area contributed by atoms with Crippen LogP contribution in [0.5, 0.6) is 0 Å². The van der Waals surface area contributed by atoms with Crippen LogP contribution in [0.2, 0.25) is 0 Å². The quantitative estimate of drug-likeness (QED) is 0.612. The minimum atomic E-state index is -4.36. The van der Waals surface area contributed by atoms with Crippen molar-refractivity contribution in [1.82, 2.24) is 0 Å². The van der Waals surface area contributed by atoms with Crippen LogP contribution in [0, 0.1) is 0 Å². The molecule has 0 atom stereocenters. The zero-order valence-corrected chi connectivity index (χ0v) is 13.8. The number of hydrogen-bond acceptors (Lipinski definition) is 3. The minimum Gasteiger partial charge on any atom is -0.372 e. The van der Waals surface area contributed by atoms with Crippen molar-refractivity contribution in [3.8, 4) is 0 Å². The highest BCUT2D eigenvalue weighted by Crippen LogP contribution is 2.30. The second-order valence-corrected chi connectivity index (χ2v) is 6.09. The summed E-state index contributed by atoms with van der Waals surface area (Å²) in [5, 5.41) is 4.02. The third-order valence-electron chi connectivity index (χ3n) is 4.21. The van der Waals surface area contributed by atoms with Crippen molar-refractivity contribution >= 4 is 17.6 Å². The molecule has 0 bridgehead atoms. The van der Waals surface area contributed by atoms with Crippen LogP contribution < -0.4 is 10.3 Å². The lowest BCUT2D eigenvalue weighted by atomic mass is 10.1. The van der Waals surface area contributed by atoms with Crippen LogP contribution in [-0.2, 0) is 6.18 Å². The molecule has 25 heavy (non-hydrogen) atoms. The van der Waals surface area contributed by atoms with Crippen LogP contribution in [-0.4, -0.2) is 19.3 Å². The average Bonchev–Trinajstić information content (AvgIpc) is 2.63. The van der Waals surface area contributed by atoms with Gasteiger partial charge in [0.15, 0.2) is 0 Å². The van der Waals surface area contributed by atoms with Crippen molar-refractivity contribution in [2.75, 3.05) is 23.4 Å². The van der Waals surface area contributed by atoms with Gasteiger partial charge in [0, 0.05) is 18.8 Å². The molecule has 1 N–H and O–H groups in total. The molecule has 1 heterocycles. The largest absolute Gasteiger partial charge is 0.416 e. The van der Waals surface area contributed by atoms with Gasteiger partial charge >= 0.3 is 6.18 Å². The minimum absolute atomic E-state index is 0.302. The molecule has 2 aromatic rings. The van der Waals surface area contributed by atoms with Crippen molar-refractivity contribution in [3.05, 3.63) is 59.7 Å². The fourth-order valence-corrected chi connectivity index (χ4v) is 2.87. The van der Waals surface area contributed by atoms with E-state index in [1.807, 2.05) is 12.1 Å². The Hall–Kier alpha value is -2.50. The van der Waals surface area contributed by atoms with E-state index in [1.54, 1.807) is 12.3 Å². The van der Waals surface area contributed by atoms with Gasteiger partial charge in [-0.25, -0.2) is 0 Å². The molecule has 0 spiro atoms. The Bertz CT molecular complexity index is 717. The van der Waals surface area contributed by atoms with Crippen LogP contribution in [0.25, 0.3) is 0 Å². The summed E-state index contributed by atoms with van der Waals surface area (Å²) in [6.07, 6.45) is 0.989. The Balaban J connectivity index is 1.61. The molecule has 1 saturated heterocycles. The predicted molar refractivity (Wildman–Crippen MR) is 95.2 cm³/mol. The number of nitrogens with one attached hydrogen (secondary N) is 1. The van der Waals surface area contributed by atoms with E-state index >= 15 is 0 Å². The fraction of sp³-hybridized carbons (Fsp3) is 0.316. The van der Waals surface area contributed by atoms with E-state index in [2.05, 4.69) is 27.6 Å². The van der Waals surface area contributed by atoms with Crippen LogP contribution in [0.4, 0.5) is 24.5 Å². The van der Waals surface area contributed by atoms with Crippen molar-refractivity contribution in [3.63, 3.8) is 0 Å².